The van der Waals surface area contributed by atoms with Gasteiger partial charge < -0.3 is 15.5 Å². The standard InChI is InChI=1S/C20H26N6O2/c1-14-9-16-7-6-15(12-26(16)24-14)19(28)22-13-20(2,3)23-11-18(27)25-8-4-5-17(25)10-21/h6-7,9,12,17,23H,4-5,8,11,13H2,1-3H3,(H,22,28). The third-order valence-corrected chi connectivity index (χ3v) is 4.98. The number of fused-ring (bicyclic) bond motifs is 1. The van der Waals surface area contributed by atoms with Gasteiger partial charge in [-0.15, -0.1) is 0 Å². The van der Waals surface area contributed by atoms with E-state index in [4.69, 9.17) is 5.26 Å². The summed E-state index contributed by atoms with van der Waals surface area (Å²) < 4.78 is 1.69. The lowest BCUT2D eigenvalue weighted by atomic mass is 10.1. The molecule has 8 heteroatoms. The summed E-state index contributed by atoms with van der Waals surface area (Å²) >= 11 is 0. The second-order valence-electron chi connectivity index (χ2n) is 7.87. The normalized spacial score (nSPS) is 16.9. The number of aryl methyl sites for hydroxylation is 1. The number of carbonyl (C=O) groups excluding carboxylic acids is 2. The summed E-state index contributed by atoms with van der Waals surface area (Å²) in [6, 6.07) is 7.43. The highest BCUT2D eigenvalue weighted by Gasteiger charge is 2.29. The molecule has 28 heavy (non-hydrogen) atoms. The lowest BCUT2D eigenvalue weighted by Gasteiger charge is -2.28. The predicted octanol–water partition coefficient (Wildman–Crippen LogP) is 1.26. The third-order valence-electron chi connectivity index (χ3n) is 4.98. The number of hydrogen-bond acceptors (Lipinski definition) is 5. The summed E-state index contributed by atoms with van der Waals surface area (Å²) in [7, 11) is 0. The Morgan fingerprint density at radius 3 is 2.93 bits per heavy atom. The lowest BCUT2D eigenvalue weighted by molar-refractivity contribution is -0.130. The number of carbonyl (C=O) groups is 2. The molecule has 2 amide bonds. The van der Waals surface area contributed by atoms with Gasteiger partial charge >= 0.3 is 0 Å². The maximum absolute atomic E-state index is 12.5. The summed E-state index contributed by atoms with van der Waals surface area (Å²) in [6.07, 6.45) is 3.31. The number of rotatable bonds is 6. The van der Waals surface area contributed by atoms with Crippen LogP contribution >= 0.6 is 0 Å². The van der Waals surface area contributed by atoms with Crippen molar-refractivity contribution in [3.63, 3.8) is 0 Å². The number of aromatic nitrogens is 2. The summed E-state index contributed by atoms with van der Waals surface area (Å²) in [4.78, 5) is 26.5. The molecule has 2 N–H and O–H groups in total. The molecule has 1 unspecified atom stereocenters. The topological polar surface area (TPSA) is 103 Å². The minimum atomic E-state index is -0.473. The number of nitrogens with zero attached hydrogens (tertiary/aromatic N) is 4. The molecule has 1 fully saturated rings. The van der Waals surface area contributed by atoms with E-state index in [2.05, 4.69) is 21.8 Å². The van der Waals surface area contributed by atoms with Gasteiger partial charge in [0.05, 0.1) is 29.4 Å². The molecule has 148 valence electrons. The highest BCUT2D eigenvalue weighted by Crippen LogP contribution is 2.16. The zero-order chi connectivity index (χ0) is 20.3. The second kappa shape index (κ2) is 7.98. The Labute approximate surface area is 164 Å². The van der Waals surface area contributed by atoms with Crippen molar-refractivity contribution in [3.05, 3.63) is 35.7 Å². The van der Waals surface area contributed by atoms with Crippen molar-refractivity contribution >= 4 is 17.3 Å². The Morgan fingerprint density at radius 1 is 1.39 bits per heavy atom. The zero-order valence-electron chi connectivity index (χ0n) is 16.5. The molecule has 0 radical (unpaired) electrons. The van der Waals surface area contributed by atoms with Crippen LogP contribution in [0.3, 0.4) is 0 Å². The Bertz CT molecular complexity index is 926. The summed E-state index contributed by atoms with van der Waals surface area (Å²) in [5.41, 5.74) is 1.88. The molecule has 1 aliphatic heterocycles. The molecule has 1 saturated heterocycles. The summed E-state index contributed by atoms with van der Waals surface area (Å²) in [5, 5.41) is 19.5. The molecule has 0 aliphatic carbocycles. The minimum Gasteiger partial charge on any atom is -0.350 e. The van der Waals surface area contributed by atoms with E-state index in [1.54, 1.807) is 21.7 Å². The van der Waals surface area contributed by atoms with Gasteiger partial charge in [0.1, 0.15) is 6.04 Å². The number of nitrogens with one attached hydrogen (secondary N) is 2. The van der Waals surface area contributed by atoms with Crippen LogP contribution in [0.1, 0.15) is 42.7 Å². The van der Waals surface area contributed by atoms with Crippen LogP contribution < -0.4 is 10.6 Å². The van der Waals surface area contributed by atoms with Gasteiger partial charge in [0, 0.05) is 24.8 Å². The summed E-state index contributed by atoms with van der Waals surface area (Å²) in [6.45, 7) is 6.88. The van der Waals surface area contributed by atoms with Crippen LogP contribution in [0, 0.1) is 18.3 Å². The van der Waals surface area contributed by atoms with Crippen LogP contribution in [0.2, 0.25) is 0 Å². The number of nitriles is 1. The van der Waals surface area contributed by atoms with Crippen molar-refractivity contribution in [2.24, 2.45) is 0 Å². The Morgan fingerprint density at radius 2 is 2.18 bits per heavy atom. The van der Waals surface area contributed by atoms with E-state index < -0.39 is 5.54 Å². The van der Waals surface area contributed by atoms with Gasteiger partial charge in [-0.3, -0.25) is 9.59 Å². The molecular formula is C20H26N6O2. The molecule has 2 aromatic heterocycles. The predicted molar refractivity (Wildman–Crippen MR) is 105 cm³/mol. The van der Waals surface area contributed by atoms with Gasteiger partial charge in [-0.25, -0.2) is 4.52 Å². The largest absolute Gasteiger partial charge is 0.350 e. The fourth-order valence-corrected chi connectivity index (χ4v) is 3.33. The number of likely N-dealkylation sites (tertiary alicyclic amines) is 1. The van der Waals surface area contributed by atoms with E-state index in [0.717, 1.165) is 24.1 Å². The first-order valence-corrected chi connectivity index (χ1v) is 9.47. The van der Waals surface area contributed by atoms with Crippen LogP contribution in [0.5, 0.6) is 0 Å². The quantitative estimate of drug-likeness (QED) is 0.783. The van der Waals surface area contributed by atoms with Crippen molar-refractivity contribution in [2.75, 3.05) is 19.6 Å². The maximum Gasteiger partial charge on any atom is 0.252 e. The number of hydrogen-bond donors (Lipinski definition) is 2. The molecular weight excluding hydrogens is 356 g/mol. The molecule has 8 nitrogen and oxygen atoms in total. The number of pyridine rings is 1. The fraction of sp³-hybridized carbons (Fsp3) is 0.500. The highest BCUT2D eigenvalue weighted by molar-refractivity contribution is 5.94. The first-order valence-electron chi connectivity index (χ1n) is 9.47. The van der Waals surface area contributed by atoms with E-state index in [-0.39, 0.29) is 24.4 Å². The highest BCUT2D eigenvalue weighted by atomic mass is 16.2. The van der Waals surface area contributed by atoms with Gasteiger partial charge in [-0.05, 0) is 51.8 Å². The second-order valence-corrected chi connectivity index (χ2v) is 7.87. The molecule has 1 atom stereocenters. The van der Waals surface area contributed by atoms with Gasteiger partial charge in [0.15, 0.2) is 0 Å². The van der Waals surface area contributed by atoms with Gasteiger partial charge in [0.25, 0.3) is 5.91 Å². The van der Waals surface area contributed by atoms with E-state index in [0.29, 0.717) is 18.7 Å². The Balaban J connectivity index is 1.52. The molecule has 1 aliphatic rings. The van der Waals surface area contributed by atoms with Crippen LogP contribution in [0.15, 0.2) is 24.4 Å². The third kappa shape index (κ3) is 4.49. The monoisotopic (exact) mass is 382 g/mol. The molecule has 3 heterocycles. The van der Waals surface area contributed by atoms with Gasteiger partial charge in [-0.1, -0.05) is 0 Å². The molecule has 0 saturated carbocycles. The van der Waals surface area contributed by atoms with Crippen molar-refractivity contribution in [1.82, 2.24) is 25.1 Å². The first-order chi connectivity index (χ1) is 13.3. The average molecular weight is 382 g/mol. The zero-order valence-corrected chi connectivity index (χ0v) is 16.5. The van der Waals surface area contributed by atoms with Crippen molar-refractivity contribution in [3.8, 4) is 6.07 Å². The van der Waals surface area contributed by atoms with Crippen molar-refractivity contribution in [1.29, 1.82) is 5.26 Å². The lowest BCUT2D eigenvalue weighted by Crippen LogP contribution is -2.52. The van der Waals surface area contributed by atoms with E-state index in [1.165, 1.54) is 0 Å². The van der Waals surface area contributed by atoms with Gasteiger partial charge in [-0.2, -0.15) is 10.4 Å². The maximum atomic E-state index is 12.5. The Kier molecular flexibility index (Phi) is 5.66. The SMILES string of the molecule is Cc1cc2ccc(C(=O)NCC(C)(C)NCC(=O)N3CCCC3C#N)cn2n1. The molecule has 0 bridgehead atoms. The van der Waals surface area contributed by atoms with E-state index >= 15 is 0 Å². The van der Waals surface area contributed by atoms with Crippen molar-refractivity contribution < 1.29 is 9.59 Å². The van der Waals surface area contributed by atoms with Crippen LogP contribution in [-0.4, -0.2) is 57.5 Å². The van der Waals surface area contributed by atoms with Crippen LogP contribution in [0.25, 0.3) is 5.52 Å². The van der Waals surface area contributed by atoms with E-state index in [9.17, 15) is 9.59 Å². The van der Waals surface area contributed by atoms with Crippen LogP contribution in [0.4, 0.5) is 0 Å². The Hall–Kier alpha value is -2.92. The molecule has 0 aromatic carbocycles. The fourth-order valence-electron chi connectivity index (χ4n) is 3.33. The summed E-state index contributed by atoms with van der Waals surface area (Å²) in [5.74, 6) is -0.275. The molecule has 3 rings (SSSR count). The van der Waals surface area contributed by atoms with Gasteiger partial charge in [0.2, 0.25) is 5.91 Å². The number of amides is 2. The molecule has 0 spiro atoms. The smallest absolute Gasteiger partial charge is 0.252 e. The average Bonchev–Trinajstić information content (AvgIpc) is 3.28. The van der Waals surface area contributed by atoms with Crippen LogP contribution in [-0.2, 0) is 4.79 Å². The van der Waals surface area contributed by atoms with E-state index in [1.807, 2.05) is 32.9 Å². The van der Waals surface area contributed by atoms with Crippen molar-refractivity contribution in [2.45, 2.75) is 45.2 Å². The minimum absolute atomic E-state index is 0.0806. The first kappa shape index (κ1) is 19.8. The molecule has 2 aromatic rings.